The van der Waals surface area contributed by atoms with Crippen molar-refractivity contribution in [2.75, 3.05) is 19.6 Å². The second kappa shape index (κ2) is 7.38. The Morgan fingerprint density at radius 2 is 2.38 bits per heavy atom. The van der Waals surface area contributed by atoms with E-state index in [4.69, 9.17) is 11.5 Å². The second-order valence-corrected chi connectivity index (χ2v) is 2.73. The average Bonchev–Trinajstić information content (AvgIpc) is 2.04. The van der Waals surface area contributed by atoms with Crippen molar-refractivity contribution in [2.45, 2.75) is 12.8 Å². The maximum atomic E-state index is 10.4. The molecule has 3 heteroatoms. The quantitative estimate of drug-likeness (QED) is 0.361. The highest BCUT2D eigenvalue weighted by Gasteiger charge is 2.06. The molecule has 0 aromatic carbocycles. The van der Waals surface area contributed by atoms with E-state index in [-0.39, 0.29) is 6.54 Å². The van der Waals surface area contributed by atoms with Gasteiger partial charge in [0, 0.05) is 13.0 Å². The summed E-state index contributed by atoms with van der Waals surface area (Å²) in [5.74, 6) is 1.70. The zero-order chi connectivity index (χ0) is 10.1. The van der Waals surface area contributed by atoms with Gasteiger partial charge < -0.3 is 5.11 Å². The summed E-state index contributed by atoms with van der Waals surface area (Å²) in [5, 5.41) is 8.55. The van der Waals surface area contributed by atoms with E-state index >= 15 is 0 Å². The molecule has 13 heavy (non-hydrogen) atoms. The maximum Gasteiger partial charge on any atom is 0.317 e. The normalized spacial score (nSPS) is 9.54. The SMILES string of the molecule is C#CCCCN(CC=C)CC(=O)O. The number of carboxylic acid groups (broad SMARTS) is 1. The van der Waals surface area contributed by atoms with Gasteiger partial charge in [0.25, 0.3) is 0 Å². The first-order valence-electron chi connectivity index (χ1n) is 4.19. The Morgan fingerprint density at radius 3 is 2.85 bits per heavy atom. The van der Waals surface area contributed by atoms with Gasteiger partial charge in [-0.3, -0.25) is 9.69 Å². The van der Waals surface area contributed by atoms with Crippen molar-refractivity contribution in [1.29, 1.82) is 0 Å². The Morgan fingerprint density at radius 1 is 1.69 bits per heavy atom. The van der Waals surface area contributed by atoms with E-state index in [2.05, 4.69) is 12.5 Å². The highest BCUT2D eigenvalue weighted by atomic mass is 16.4. The first-order chi connectivity index (χ1) is 6.20. The van der Waals surface area contributed by atoms with Gasteiger partial charge in [-0.1, -0.05) is 6.08 Å². The molecule has 0 aromatic heterocycles. The van der Waals surface area contributed by atoms with Crippen LogP contribution in [0.3, 0.4) is 0 Å². The van der Waals surface area contributed by atoms with Gasteiger partial charge in [0.1, 0.15) is 0 Å². The molecule has 0 unspecified atom stereocenters. The highest BCUT2D eigenvalue weighted by Crippen LogP contribution is 1.94. The minimum Gasteiger partial charge on any atom is -0.480 e. The van der Waals surface area contributed by atoms with Crippen LogP contribution in [0.15, 0.2) is 12.7 Å². The van der Waals surface area contributed by atoms with E-state index in [1.165, 1.54) is 0 Å². The summed E-state index contributed by atoms with van der Waals surface area (Å²) < 4.78 is 0. The fraction of sp³-hybridized carbons (Fsp3) is 0.500. The predicted octanol–water partition coefficient (Wildman–Crippen LogP) is 0.972. The van der Waals surface area contributed by atoms with Crippen LogP contribution >= 0.6 is 0 Å². The van der Waals surface area contributed by atoms with E-state index < -0.39 is 5.97 Å². The molecule has 0 saturated carbocycles. The molecule has 0 atom stereocenters. The topological polar surface area (TPSA) is 40.5 Å². The summed E-state index contributed by atoms with van der Waals surface area (Å²) >= 11 is 0. The molecule has 0 heterocycles. The Kier molecular flexibility index (Phi) is 6.66. The second-order valence-electron chi connectivity index (χ2n) is 2.73. The summed E-state index contributed by atoms with van der Waals surface area (Å²) in [7, 11) is 0. The number of rotatable bonds is 7. The third kappa shape index (κ3) is 7.10. The Bertz CT molecular complexity index is 205. The molecule has 0 spiro atoms. The summed E-state index contributed by atoms with van der Waals surface area (Å²) in [5.41, 5.74) is 0. The van der Waals surface area contributed by atoms with Gasteiger partial charge in [-0.25, -0.2) is 0 Å². The lowest BCUT2D eigenvalue weighted by Gasteiger charge is -2.16. The van der Waals surface area contributed by atoms with Gasteiger partial charge in [-0.2, -0.15) is 0 Å². The third-order valence-electron chi connectivity index (χ3n) is 1.54. The molecule has 0 bridgehead atoms. The average molecular weight is 181 g/mol. The number of carbonyl (C=O) groups is 1. The van der Waals surface area contributed by atoms with Crippen molar-refractivity contribution in [3.63, 3.8) is 0 Å². The molecule has 0 aliphatic carbocycles. The molecular weight excluding hydrogens is 166 g/mol. The summed E-state index contributed by atoms with van der Waals surface area (Å²) in [6.45, 7) is 4.92. The zero-order valence-electron chi connectivity index (χ0n) is 7.70. The number of terminal acetylenes is 1. The molecular formula is C10H15NO2. The van der Waals surface area contributed by atoms with Crippen molar-refractivity contribution >= 4 is 5.97 Å². The van der Waals surface area contributed by atoms with Crippen LogP contribution in [0.1, 0.15) is 12.8 Å². The monoisotopic (exact) mass is 181 g/mol. The van der Waals surface area contributed by atoms with Gasteiger partial charge in [0.2, 0.25) is 0 Å². The van der Waals surface area contributed by atoms with Gasteiger partial charge in [-0.15, -0.1) is 18.9 Å². The Labute approximate surface area is 79.0 Å². The lowest BCUT2D eigenvalue weighted by atomic mass is 10.3. The smallest absolute Gasteiger partial charge is 0.317 e. The van der Waals surface area contributed by atoms with Gasteiger partial charge in [0.15, 0.2) is 0 Å². The van der Waals surface area contributed by atoms with E-state index in [0.29, 0.717) is 19.5 Å². The molecule has 0 aliphatic heterocycles. The molecule has 0 rings (SSSR count). The highest BCUT2D eigenvalue weighted by molar-refractivity contribution is 5.69. The van der Waals surface area contributed by atoms with Crippen LogP contribution in [0.4, 0.5) is 0 Å². The third-order valence-corrected chi connectivity index (χ3v) is 1.54. The van der Waals surface area contributed by atoms with E-state index in [0.717, 1.165) is 6.42 Å². The summed E-state index contributed by atoms with van der Waals surface area (Å²) in [6.07, 6.45) is 8.30. The van der Waals surface area contributed by atoms with Crippen LogP contribution in [0.2, 0.25) is 0 Å². The van der Waals surface area contributed by atoms with Gasteiger partial charge in [-0.05, 0) is 13.0 Å². The van der Waals surface area contributed by atoms with E-state index in [1.54, 1.807) is 11.0 Å². The van der Waals surface area contributed by atoms with Crippen molar-refractivity contribution in [2.24, 2.45) is 0 Å². The molecule has 0 radical (unpaired) electrons. The van der Waals surface area contributed by atoms with Crippen LogP contribution in [0, 0.1) is 12.3 Å². The van der Waals surface area contributed by atoms with Crippen LogP contribution in [0.5, 0.6) is 0 Å². The maximum absolute atomic E-state index is 10.4. The number of nitrogens with zero attached hydrogens (tertiary/aromatic N) is 1. The fourth-order valence-electron chi connectivity index (χ4n) is 1.01. The van der Waals surface area contributed by atoms with Crippen LogP contribution < -0.4 is 0 Å². The fourth-order valence-corrected chi connectivity index (χ4v) is 1.01. The van der Waals surface area contributed by atoms with Crippen LogP contribution in [-0.2, 0) is 4.79 Å². The van der Waals surface area contributed by atoms with Crippen molar-refractivity contribution in [3.05, 3.63) is 12.7 Å². The molecule has 3 nitrogen and oxygen atoms in total. The van der Waals surface area contributed by atoms with Crippen LogP contribution in [0.25, 0.3) is 0 Å². The lowest BCUT2D eigenvalue weighted by Crippen LogP contribution is -2.30. The lowest BCUT2D eigenvalue weighted by molar-refractivity contribution is -0.138. The number of carboxylic acids is 1. The first-order valence-corrected chi connectivity index (χ1v) is 4.19. The minimum atomic E-state index is -0.817. The minimum absolute atomic E-state index is 0.0522. The molecule has 1 N–H and O–H groups in total. The predicted molar refractivity (Wildman–Crippen MR) is 52.3 cm³/mol. The summed E-state index contributed by atoms with van der Waals surface area (Å²) in [6, 6.07) is 0. The molecule has 72 valence electrons. The largest absolute Gasteiger partial charge is 0.480 e. The van der Waals surface area contributed by atoms with E-state index in [1.807, 2.05) is 0 Å². The Balaban J connectivity index is 3.73. The number of unbranched alkanes of at least 4 members (excludes halogenated alkanes) is 1. The molecule has 0 fully saturated rings. The Hall–Kier alpha value is -1.27. The molecule has 0 aromatic rings. The number of aliphatic carboxylic acids is 1. The number of hydrogen-bond donors (Lipinski definition) is 1. The number of hydrogen-bond acceptors (Lipinski definition) is 2. The van der Waals surface area contributed by atoms with Crippen molar-refractivity contribution < 1.29 is 9.90 Å². The molecule has 0 saturated heterocycles. The van der Waals surface area contributed by atoms with Crippen molar-refractivity contribution in [3.8, 4) is 12.3 Å². The van der Waals surface area contributed by atoms with Gasteiger partial charge in [0.05, 0.1) is 6.54 Å². The molecule has 0 aliphatic rings. The zero-order valence-corrected chi connectivity index (χ0v) is 7.70. The van der Waals surface area contributed by atoms with Gasteiger partial charge >= 0.3 is 5.97 Å². The standard InChI is InChI=1S/C10H15NO2/c1-3-5-6-8-11(7-4-2)9-10(12)13/h1,4H,2,5-9H2,(H,12,13). The van der Waals surface area contributed by atoms with Crippen molar-refractivity contribution in [1.82, 2.24) is 4.90 Å². The first kappa shape index (κ1) is 11.7. The van der Waals surface area contributed by atoms with Crippen LogP contribution in [-0.4, -0.2) is 35.6 Å². The van der Waals surface area contributed by atoms with E-state index in [9.17, 15) is 4.79 Å². The molecule has 0 amide bonds. The summed E-state index contributed by atoms with van der Waals surface area (Å²) in [4.78, 5) is 12.2.